The minimum Gasteiger partial charge on any atom is -0.490 e. The van der Waals surface area contributed by atoms with Crippen molar-refractivity contribution < 1.29 is 13.9 Å². The Balaban J connectivity index is 2.08. The fraction of sp³-hybridized carbons (Fsp3) is 0.333. The molecule has 0 atom stereocenters. The summed E-state index contributed by atoms with van der Waals surface area (Å²) in [5, 5.41) is 0. The summed E-state index contributed by atoms with van der Waals surface area (Å²) in [7, 11) is 1.73. The molecule has 3 aromatic rings. The zero-order chi connectivity index (χ0) is 17.1. The van der Waals surface area contributed by atoms with E-state index in [0.717, 1.165) is 29.3 Å². The van der Waals surface area contributed by atoms with E-state index in [-0.39, 0.29) is 5.91 Å². The van der Waals surface area contributed by atoms with Crippen LogP contribution in [0.1, 0.15) is 36.5 Å². The monoisotopic (exact) mass is 327 g/mol. The van der Waals surface area contributed by atoms with Gasteiger partial charge >= 0.3 is 0 Å². The number of pyridine rings is 1. The summed E-state index contributed by atoms with van der Waals surface area (Å²) in [4.78, 5) is 18.9. The Morgan fingerprint density at radius 2 is 2.17 bits per heavy atom. The number of hydrogen-bond donors (Lipinski definition) is 0. The van der Waals surface area contributed by atoms with Crippen LogP contribution in [0.4, 0.5) is 5.82 Å². The summed E-state index contributed by atoms with van der Waals surface area (Å²) >= 11 is 0. The lowest BCUT2D eigenvalue weighted by atomic mass is 10.3. The van der Waals surface area contributed by atoms with Gasteiger partial charge in [0.25, 0.3) is 5.91 Å². The average molecular weight is 327 g/mol. The molecule has 0 aliphatic rings. The molecule has 0 spiro atoms. The Labute approximate surface area is 140 Å². The molecule has 3 rings (SSSR count). The Morgan fingerprint density at radius 1 is 1.33 bits per heavy atom. The number of carbonyl (C=O) groups excluding carboxylic acids is 1. The highest BCUT2D eigenvalue weighted by Crippen LogP contribution is 2.28. The first kappa shape index (κ1) is 16.1. The van der Waals surface area contributed by atoms with Crippen molar-refractivity contribution in [2.45, 2.75) is 26.7 Å². The van der Waals surface area contributed by atoms with Crippen LogP contribution in [0.5, 0.6) is 5.75 Å². The first-order valence-electron chi connectivity index (χ1n) is 8.11. The second-order valence-electron chi connectivity index (χ2n) is 5.49. The van der Waals surface area contributed by atoms with Gasteiger partial charge in [-0.2, -0.15) is 0 Å². The van der Waals surface area contributed by atoms with E-state index < -0.39 is 0 Å². The van der Waals surface area contributed by atoms with Crippen molar-refractivity contribution in [3.05, 3.63) is 48.2 Å². The minimum atomic E-state index is -0.212. The third-order valence-corrected chi connectivity index (χ3v) is 3.81. The van der Waals surface area contributed by atoms with E-state index in [1.54, 1.807) is 24.1 Å². The van der Waals surface area contributed by atoms with Gasteiger partial charge in [0.15, 0.2) is 17.2 Å². The first-order chi connectivity index (χ1) is 11.7. The quantitative estimate of drug-likeness (QED) is 0.694. The van der Waals surface area contributed by atoms with Crippen molar-refractivity contribution in [1.82, 2.24) is 9.38 Å². The van der Waals surface area contributed by atoms with Crippen molar-refractivity contribution in [3.8, 4) is 5.75 Å². The number of ether oxygens (including phenoxy) is 1. The lowest BCUT2D eigenvalue weighted by Crippen LogP contribution is -2.28. The molecule has 0 saturated carbocycles. The number of carbonyl (C=O) groups is 1. The highest BCUT2D eigenvalue weighted by Gasteiger charge is 2.23. The molecular weight excluding hydrogens is 306 g/mol. The molecule has 0 aliphatic heterocycles. The minimum absolute atomic E-state index is 0.212. The average Bonchev–Trinajstić information content (AvgIpc) is 3.25. The van der Waals surface area contributed by atoms with Gasteiger partial charge in [0.05, 0.1) is 18.6 Å². The highest BCUT2D eigenvalue weighted by molar-refractivity contribution is 6.03. The van der Waals surface area contributed by atoms with E-state index in [2.05, 4.69) is 11.9 Å². The van der Waals surface area contributed by atoms with E-state index in [4.69, 9.17) is 9.15 Å². The highest BCUT2D eigenvalue weighted by atomic mass is 16.5. The Bertz CT molecular complexity index is 837. The molecular formula is C18H21N3O3. The van der Waals surface area contributed by atoms with Crippen LogP contribution in [0.15, 0.2) is 41.1 Å². The maximum atomic E-state index is 12.6. The molecule has 0 radical (unpaired) electrons. The van der Waals surface area contributed by atoms with Crippen molar-refractivity contribution in [1.29, 1.82) is 0 Å². The van der Waals surface area contributed by atoms with Crippen LogP contribution in [0.2, 0.25) is 0 Å². The van der Waals surface area contributed by atoms with Crippen LogP contribution in [-0.4, -0.2) is 28.9 Å². The normalized spacial score (nSPS) is 11.0. The smallest absolute Gasteiger partial charge is 0.294 e. The van der Waals surface area contributed by atoms with Crippen LogP contribution in [-0.2, 0) is 6.42 Å². The summed E-state index contributed by atoms with van der Waals surface area (Å²) in [6.45, 7) is 4.71. The van der Waals surface area contributed by atoms with Crippen LogP contribution in [0, 0.1) is 0 Å². The van der Waals surface area contributed by atoms with Crippen molar-refractivity contribution >= 4 is 17.4 Å². The zero-order valence-electron chi connectivity index (χ0n) is 14.2. The number of furan rings is 1. The predicted molar refractivity (Wildman–Crippen MR) is 91.8 cm³/mol. The van der Waals surface area contributed by atoms with E-state index >= 15 is 0 Å². The van der Waals surface area contributed by atoms with Crippen LogP contribution < -0.4 is 9.64 Å². The topological polar surface area (TPSA) is 60.0 Å². The number of nitrogens with zero attached hydrogens (tertiary/aromatic N) is 3. The molecule has 3 heterocycles. The molecule has 6 nitrogen and oxygen atoms in total. The number of imidazole rings is 1. The zero-order valence-corrected chi connectivity index (χ0v) is 14.2. The molecule has 0 aliphatic carbocycles. The number of amides is 1. The number of aryl methyl sites for hydroxylation is 1. The lowest BCUT2D eigenvalue weighted by molar-refractivity contribution is 0.0965. The maximum absolute atomic E-state index is 12.6. The molecule has 0 unspecified atom stereocenters. The second-order valence-corrected chi connectivity index (χ2v) is 5.49. The Hall–Kier alpha value is -2.76. The largest absolute Gasteiger partial charge is 0.490 e. The fourth-order valence-electron chi connectivity index (χ4n) is 2.66. The van der Waals surface area contributed by atoms with E-state index in [1.165, 1.54) is 6.26 Å². The van der Waals surface area contributed by atoms with Gasteiger partial charge in [-0.15, -0.1) is 0 Å². The van der Waals surface area contributed by atoms with Gasteiger partial charge in [-0.25, -0.2) is 4.98 Å². The molecule has 24 heavy (non-hydrogen) atoms. The first-order valence-corrected chi connectivity index (χ1v) is 8.11. The van der Waals surface area contributed by atoms with Crippen LogP contribution in [0.3, 0.4) is 0 Å². The van der Waals surface area contributed by atoms with Gasteiger partial charge in [0, 0.05) is 13.2 Å². The predicted octanol–water partition coefficient (Wildman–Crippen LogP) is 3.56. The molecule has 0 saturated heterocycles. The number of fused-ring (bicyclic) bond motifs is 1. The number of hydrogen-bond acceptors (Lipinski definition) is 4. The fourth-order valence-corrected chi connectivity index (χ4v) is 2.66. The molecule has 6 heteroatoms. The van der Waals surface area contributed by atoms with Crippen molar-refractivity contribution in [2.75, 3.05) is 18.6 Å². The van der Waals surface area contributed by atoms with Gasteiger partial charge in [0.2, 0.25) is 0 Å². The van der Waals surface area contributed by atoms with Gasteiger partial charge < -0.3 is 9.15 Å². The lowest BCUT2D eigenvalue weighted by Gasteiger charge is -2.17. The van der Waals surface area contributed by atoms with E-state index in [9.17, 15) is 4.79 Å². The number of rotatable bonds is 6. The summed E-state index contributed by atoms with van der Waals surface area (Å²) < 4.78 is 12.9. The third-order valence-electron chi connectivity index (χ3n) is 3.81. The van der Waals surface area contributed by atoms with Gasteiger partial charge in [-0.3, -0.25) is 14.1 Å². The number of anilines is 1. The summed E-state index contributed by atoms with van der Waals surface area (Å²) in [6, 6.07) is 7.15. The SMILES string of the molecule is CCCOc1cccn2c(N(C)C(=O)c3ccco3)c(CC)nc12. The standard InChI is InChI=1S/C18H21N3O3/c1-4-11-23-14-8-6-10-21-16(14)19-13(5-2)17(21)20(3)18(22)15-9-7-12-24-15/h6-10,12H,4-5,11H2,1-3H3. The molecule has 0 aromatic carbocycles. The van der Waals surface area contributed by atoms with Crippen LogP contribution >= 0.6 is 0 Å². The summed E-state index contributed by atoms with van der Waals surface area (Å²) in [5.74, 6) is 1.54. The second kappa shape index (κ2) is 6.78. The van der Waals surface area contributed by atoms with E-state index in [1.807, 2.05) is 29.7 Å². The van der Waals surface area contributed by atoms with Gasteiger partial charge in [-0.1, -0.05) is 13.8 Å². The van der Waals surface area contributed by atoms with Crippen molar-refractivity contribution in [2.24, 2.45) is 0 Å². The molecule has 126 valence electrons. The van der Waals surface area contributed by atoms with Gasteiger partial charge in [-0.05, 0) is 37.1 Å². The Kier molecular flexibility index (Phi) is 4.55. The maximum Gasteiger partial charge on any atom is 0.294 e. The molecule has 0 fully saturated rings. The van der Waals surface area contributed by atoms with Gasteiger partial charge in [0.1, 0.15) is 5.82 Å². The van der Waals surface area contributed by atoms with E-state index in [0.29, 0.717) is 18.8 Å². The van der Waals surface area contributed by atoms with Crippen LogP contribution in [0.25, 0.3) is 5.65 Å². The third kappa shape index (κ3) is 2.75. The number of aromatic nitrogens is 2. The summed E-state index contributed by atoms with van der Waals surface area (Å²) in [5.41, 5.74) is 1.56. The summed E-state index contributed by atoms with van der Waals surface area (Å²) in [6.07, 6.45) is 5.01. The molecule has 0 bridgehead atoms. The Morgan fingerprint density at radius 3 is 2.83 bits per heavy atom. The van der Waals surface area contributed by atoms with Crippen molar-refractivity contribution in [3.63, 3.8) is 0 Å². The molecule has 1 amide bonds. The molecule has 0 N–H and O–H groups in total. The molecule has 3 aromatic heterocycles.